The van der Waals surface area contributed by atoms with Gasteiger partial charge in [0.25, 0.3) is 0 Å². The topological polar surface area (TPSA) is 58.7 Å². The van der Waals surface area contributed by atoms with Gasteiger partial charge in [0.05, 0.1) is 4.90 Å². The molecule has 2 unspecified atom stereocenters. The molecule has 0 aromatic heterocycles. The molecule has 136 valence electrons. The Morgan fingerprint density at radius 2 is 1.71 bits per heavy atom. The Morgan fingerprint density at radius 3 is 2.08 bits per heavy atom. The highest BCUT2D eigenvalue weighted by Crippen LogP contribution is 2.43. The summed E-state index contributed by atoms with van der Waals surface area (Å²) < 4.78 is 17.7. The Labute approximate surface area is 149 Å². The molecule has 24 heavy (non-hydrogen) atoms. The maximum atomic E-state index is 13.0. The van der Waals surface area contributed by atoms with Gasteiger partial charge in [0.15, 0.2) is 8.24 Å². The number of nitrogens with zero attached hydrogens (tertiary/aromatic N) is 2. The molecule has 0 bridgehead atoms. The Balaban J connectivity index is 2.34. The van der Waals surface area contributed by atoms with Gasteiger partial charge >= 0.3 is 0 Å². The first-order valence-electron chi connectivity index (χ1n) is 8.68. The van der Waals surface area contributed by atoms with E-state index in [1.54, 1.807) is 0 Å². The number of rotatable bonds is 5. The van der Waals surface area contributed by atoms with Crippen LogP contribution < -0.4 is 5.14 Å². The summed E-state index contributed by atoms with van der Waals surface area (Å²) in [6, 6.07) is 8.41. The molecule has 2 atom stereocenters. The minimum absolute atomic E-state index is 0.0248. The van der Waals surface area contributed by atoms with Gasteiger partial charge in [0, 0.05) is 6.04 Å². The van der Waals surface area contributed by atoms with Crippen LogP contribution in [0.4, 0.5) is 0 Å². The fourth-order valence-electron chi connectivity index (χ4n) is 2.79. The largest absolute Gasteiger partial charge is 0.302 e. The second-order valence-electron chi connectivity index (χ2n) is 8.78. The lowest BCUT2D eigenvalue weighted by molar-refractivity contribution is 0.269. The van der Waals surface area contributed by atoms with Crippen molar-refractivity contribution < 1.29 is 4.21 Å². The molecule has 1 aliphatic rings. The van der Waals surface area contributed by atoms with Crippen LogP contribution in [-0.4, -0.2) is 31.4 Å². The molecule has 1 saturated carbocycles. The number of hydrogen-bond donors (Lipinski definition) is 1. The highest BCUT2D eigenvalue weighted by Gasteiger charge is 2.37. The average Bonchev–Trinajstić information content (AvgIpc) is 3.21. The summed E-state index contributed by atoms with van der Waals surface area (Å²) >= 11 is 0. The van der Waals surface area contributed by atoms with Crippen LogP contribution in [0.1, 0.15) is 45.2 Å². The zero-order valence-corrected chi connectivity index (χ0v) is 18.0. The number of nitrogens with two attached hydrogens (primary N) is 1. The first-order valence-corrected chi connectivity index (χ1v) is 13.2. The second-order valence-corrected chi connectivity index (χ2v) is 15.7. The molecular weight excluding hydrogens is 334 g/mol. The first-order chi connectivity index (χ1) is 10.8. The summed E-state index contributed by atoms with van der Waals surface area (Å²) in [7, 11) is -0.672. The molecule has 6 heteroatoms. The normalized spacial score (nSPS) is 19.9. The van der Waals surface area contributed by atoms with E-state index in [1.807, 2.05) is 12.1 Å². The monoisotopic (exact) mass is 367 g/mol. The highest BCUT2D eigenvalue weighted by molar-refractivity contribution is 7.92. The van der Waals surface area contributed by atoms with Gasteiger partial charge in [0.1, 0.15) is 9.92 Å². The van der Waals surface area contributed by atoms with E-state index in [-0.39, 0.29) is 5.04 Å². The lowest BCUT2D eigenvalue weighted by Gasteiger charge is -2.32. The van der Waals surface area contributed by atoms with Crippen molar-refractivity contribution in [1.82, 2.24) is 4.90 Å². The van der Waals surface area contributed by atoms with Crippen molar-refractivity contribution in [3.05, 3.63) is 29.8 Å². The van der Waals surface area contributed by atoms with Gasteiger partial charge in [-0.05, 0) is 68.7 Å². The Kier molecular flexibility index (Phi) is 5.36. The van der Waals surface area contributed by atoms with E-state index in [0.29, 0.717) is 10.9 Å². The quantitative estimate of drug-likeness (QED) is 0.784. The lowest BCUT2D eigenvalue weighted by Crippen LogP contribution is -2.37. The zero-order chi connectivity index (χ0) is 18.3. The van der Waals surface area contributed by atoms with Gasteiger partial charge in [-0.3, -0.25) is 4.03 Å². The van der Waals surface area contributed by atoms with E-state index in [4.69, 9.17) is 5.14 Å². The van der Waals surface area contributed by atoms with Crippen LogP contribution in [0.25, 0.3) is 0 Å². The van der Waals surface area contributed by atoms with Crippen molar-refractivity contribution >= 4 is 18.2 Å². The Bertz CT molecular complexity index is 692. The van der Waals surface area contributed by atoms with Gasteiger partial charge in [-0.1, -0.05) is 32.9 Å². The summed E-state index contributed by atoms with van der Waals surface area (Å²) in [5, 5.41) is 6.19. The minimum Gasteiger partial charge on any atom is -0.302 e. The smallest absolute Gasteiger partial charge is 0.195 e. The predicted molar refractivity (Wildman–Crippen MR) is 106 cm³/mol. The SMILES string of the molecule is CN(C)C(c1ccc(S(N)(=O)=N[Si](C)(C)C(C)(C)C)cc1)C1CC1. The van der Waals surface area contributed by atoms with E-state index in [0.717, 1.165) is 5.92 Å². The van der Waals surface area contributed by atoms with Crippen molar-refractivity contribution in [1.29, 1.82) is 0 Å². The van der Waals surface area contributed by atoms with Gasteiger partial charge in [-0.15, -0.1) is 0 Å². The molecule has 0 spiro atoms. The molecule has 0 radical (unpaired) electrons. The van der Waals surface area contributed by atoms with Gasteiger partial charge in [0.2, 0.25) is 0 Å². The van der Waals surface area contributed by atoms with Crippen molar-refractivity contribution in [3.63, 3.8) is 0 Å². The van der Waals surface area contributed by atoms with Crippen LogP contribution in [0.2, 0.25) is 18.1 Å². The summed E-state index contributed by atoms with van der Waals surface area (Å²) in [5.41, 5.74) is 1.27. The van der Waals surface area contributed by atoms with E-state index in [1.165, 1.54) is 18.4 Å². The van der Waals surface area contributed by atoms with Crippen LogP contribution in [0.5, 0.6) is 0 Å². The molecule has 4 nitrogen and oxygen atoms in total. The van der Waals surface area contributed by atoms with Gasteiger partial charge in [-0.25, -0.2) is 9.35 Å². The standard InChI is InChI=1S/C18H33N3OSSi/c1-18(2,3)24(6,7)20-23(19,22)16-12-10-15(11-13-16)17(21(4)5)14-8-9-14/h10-14,17H,8-9H2,1-7H3,(H2,19,20,22). The summed E-state index contributed by atoms with van der Waals surface area (Å²) in [5.74, 6) is 0.741. The van der Waals surface area contributed by atoms with E-state index >= 15 is 0 Å². The van der Waals surface area contributed by atoms with Gasteiger partial charge in [-0.2, -0.15) is 0 Å². The van der Waals surface area contributed by atoms with E-state index in [2.05, 4.69) is 69.0 Å². The van der Waals surface area contributed by atoms with Crippen LogP contribution in [-0.2, 0) is 9.92 Å². The molecule has 2 rings (SSSR count). The summed E-state index contributed by atoms with van der Waals surface area (Å²) in [4.78, 5) is 2.91. The zero-order valence-electron chi connectivity index (χ0n) is 16.2. The third-order valence-corrected chi connectivity index (χ3v) is 12.9. The van der Waals surface area contributed by atoms with Crippen molar-refractivity contribution in [2.75, 3.05) is 14.1 Å². The molecule has 0 amide bonds. The third kappa shape index (κ3) is 4.28. The van der Waals surface area contributed by atoms with Crippen molar-refractivity contribution in [2.24, 2.45) is 15.1 Å². The molecule has 0 aliphatic heterocycles. The van der Waals surface area contributed by atoms with Crippen molar-refractivity contribution in [3.8, 4) is 0 Å². The number of benzene rings is 1. The van der Waals surface area contributed by atoms with E-state index in [9.17, 15) is 4.21 Å². The Hall–Kier alpha value is -0.693. The number of hydrogen-bond acceptors (Lipinski definition) is 3. The average molecular weight is 368 g/mol. The maximum absolute atomic E-state index is 13.0. The van der Waals surface area contributed by atoms with Crippen LogP contribution in [0.3, 0.4) is 0 Å². The highest BCUT2D eigenvalue weighted by atomic mass is 32.2. The minimum atomic E-state index is -2.85. The molecular formula is C18H33N3OSSi. The fourth-order valence-corrected chi connectivity index (χ4v) is 7.55. The molecule has 1 fully saturated rings. The van der Waals surface area contributed by atoms with Crippen LogP contribution in [0.15, 0.2) is 33.2 Å². The predicted octanol–water partition coefficient (Wildman–Crippen LogP) is 4.41. The van der Waals surface area contributed by atoms with E-state index < -0.39 is 18.2 Å². The fraction of sp³-hybridized carbons (Fsp3) is 0.667. The summed E-state index contributed by atoms with van der Waals surface area (Å²) in [6.07, 6.45) is 2.58. The first kappa shape index (κ1) is 19.6. The second kappa shape index (κ2) is 6.55. The van der Waals surface area contributed by atoms with Crippen molar-refractivity contribution in [2.45, 2.75) is 62.7 Å². The van der Waals surface area contributed by atoms with Gasteiger partial charge < -0.3 is 4.90 Å². The van der Waals surface area contributed by atoms with Crippen LogP contribution in [0, 0.1) is 5.92 Å². The molecule has 1 aliphatic carbocycles. The lowest BCUT2D eigenvalue weighted by atomic mass is 10.0. The molecule has 1 aromatic carbocycles. The Morgan fingerprint density at radius 1 is 1.21 bits per heavy atom. The van der Waals surface area contributed by atoms with Crippen LogP contribution >= 0.6 is 0 Å². The molecule has 0 saturated heterocycles. The maximum Gasteiger partial charge on any atom is 0.195 e. The third-order valence-electron chi connectivity index (χ3n) is 5.38. The summed E-state index contributed by atoms with van der Waals surface area (Å²) in [6.45, 7) is 10.7. The molecule has 1 aromatic rings. The molecule has 2 N–H and O–H groups in total. The molecule has 0 heterocycles.